The van der Waals surface area contributed by atoms with Crippen LogP contribution in [0, 0.1) is 13.8 Å². The van der Waals surface area contributed by atoms with Gasteiger partial charge in [-0.1, -0.05) is 36.4 Å². The van der Waals surface area contributed by atoms with Gasteiger partial charge in [-0.05, 0) is 60.4 Å². The highest BCUT2D eigenvalue weighted by Crippen LogP contribution is 2.34. The molecular weight excluding hydrogens is 374 g/mol. The van der Waals surface area contributed by atoms with Crippen LogP contribution in [0.4, 0.5) is 5.69 Å². The fraction of sp³-hybridized carbons (Fsp3) is 0.160. The zero-order valence-corrected chi connectivity index (χ0v) is 17.3. The molecule has 5 nitrogen and oxygen atoms in total. The Morgan fingerprint density at radius 1 is 0.867 bits per heavy atom. The summed E-state index contributed by atoms with van der Waals surface area (Å²) in [6.07, 6.45) is 3.32. The van der Waals surface area contributed by atoms with Gasteiger partial charge in [0.2, 0.25) is 0 Å². The Balaban J connectivity index is 1.82. The molecule has 1 aromatic heterocycles. The third-order valence-electron chi connectivity index (χ3n) is 5.51. The maximum absolute atomic E-state index is 13.5. The van der Waals surface area contributed by atoms with Crippen LogP contribution < -0.4 is 4.90 Å². The Hall–Kier alpha value is -3.73. The van der Waals surface area contributed by atoms with Gasteiger partial charge in [0.05, 0.1) is 12.1 Å². The lowest BCUT2D eigenvalue weighted by Gasteiger charge is -2.21. The maximum Gasteiger partial charge on any atom is 0.278 e. The average molecular weight is 397 g/mol. The lowest BCUT2D eigenvalue weighted by atomic mass is 9.99. The number of para-hydroxylation sites is 1. The molecule has 3 aromatic rings. The van der Waals surface area contributed by atoms with Crippen LogP contribution >= 0.6 is 0 Å². The smallest absolute Gasteiger partial charge is 0.278 e. The molecule has 1 aliphatic rings. The van der Waals surface area contributed by atoms with E-state index in [2.05, 4.69) is 4.98 Å². The van der Waals surface area contributed by atoms with Crippen LogP contribution in [0.3, 0.4) is 0 Å². The molecule has 4 rings (SSSR count). The van der Waals surface area contributed by atoms with Crippen LogP contribution in [0.15, 0.2) is 78.8 Å². The van der Waals surface area contributed by atoms with Crippen LogP contribution in [0.1, 0.15) is 22.3 Å². The Kier molecular flexibility index (Phi) is 5.19. The minimum atomic E-state index is -0.295. The SMILES string of the molecule is Cc1ccc(C2=C(N(C)c3ccccc3)C(=O)N(Cc3ccncc3)C2=O)cc1C. The van der Waals surface area contributed by atoms with E-state index in [4.69, 9.17) is 0 Å². The van der Waals surface area contributed by atoms with Gasteiger partial charge in [0.25, 0.3) is 11.8 Å². The Morgan fingerprint density at radius 2 is 1.57 bits per heavy atom. The first-order valence-electron chi connectivity index (χ1n) is 9.83. The summed E-state index contributed by atoms with van der Waals surface area (Å²) < 4.78 is 0. The van der Waals surface area contributed by atoms with E-state index in [1.54, 1.807) is 17.3 Å². The number of imide groups is 1. The number of pyridine rings is 1. The van der Waals surface area contributed by atoms with Crippen molar-refractivity contribution in [1.29, 1.82) is 0 Å². The molecule has 30 heavy (non-hydrogen) atoms. The highest BCUT2D eigenvalue weighted by Gasteiger charge is 2.41. The third-order valence-corrected chi connectivity index (χ3v) is 5.51. The second kappa shape index (κ2) is 7.95. The number of benzene rings is 2. The lowest BCUT2D eigenvalue weighted by Crippen LogP contribution is -2.33. The molecule has 150 valence electrons. The predicted molar refractivity (Wildman–Crippen MR) is 117 cm³/mol. The molecule has 2 heterocycles. The Bertz CT molecular complexity index is 1140. The molecule has 0 fully saturated rings. The number of anilines is 1. The molecule has 2 amide bonds. The summed E-state index contributed by atoms with van der Waals surface area (Å²) in [6, 6.07) is 19.1. The number of amides is 2. The van der Waals surface area contributed by atoms with Crippen molar-refractivity contribution in [2.75, 3.05) is 11.9 Å². The van der Waals surface area contributed by atoms with Crippen molar-refractivity contribution in [1.82, 2.24) is 9.88 Å². The van der Waals surface area contributed by atoms with Crippen LogP contribution in [-0.4, -0.2) is 28.7 Å². The minimum absolute atomic E-state index is 0.209. The molecule has 2 aromatic carbocycles. The van der Waals surface area contributed by atoms with Gasteiger partial charge in [0.1, 0.15) is 5.70 Å². The number of carbonyl (C=O) groups is 2. The number of hydrogen-bond acceptors (Lipinski definition) is 4. The molecule has 0 bridgehead atoms. The topological polar surface area (TPSA) is 53.5 Å². The third kappa shape index (κ3) is 3.50. The molecule has 1 aliphatic heterocycles. The highest BCUT2D eigenvalue weighted by atomic mass is 16.2. The monoisotopic (exact) mass is 397 g/mol. The summed E-state index contributed by atoms with van der Waals surface area (Å²) in [5, 5.41) is 0. The van der Waals surface area contributed by atoms with Gasteiger partial charge in [0, 0.05) is 25.1 Å². The average Bonchev–Trinajstić information content (AvgIpc) is 3.01. The summed E-state index contributed by atoms with van der Waals surface area (Å²) in [7, 11) is 1.83. The van der Waals surface area contributed by atoms with Crippen molar-refractivity contribution >= 4 is 23.1 Å². The largest absolute Gasteiger partial charge is 0.339 e. The number of carbonyl (C=O) groups excluding carboxylic acids is 2. The van der Waals surface area contributed by atoms with Crippen molar-refractivity contribution in [2.45, 2.75) is 20.4 Å². The van der Waals surface area contributed by atoms with Gasteiger partial charge < -0.3 is 4.90 Å². The predicted octanol–water partition coefficient (Wildman–Crippen LogP) is 4.11. The number of rotatable bonds is 5. The first-order chi connectivity index (χ1) is 14.5. The van der Waals surface area contributed by atoms with Crippen LogP contribution in [0.5, 0.6) is 0 Å². The van der Waals surface area contributed by atoms with Crippen molar-refractivity contribution < 1.29 is 9.59 Å². The van der Waals surface area contributed by atoms with E-state index in [9.17, 15) is 9.59 Å². The zero-order valence-electron chi connectivity index (χ0n) is 17.3. The Morgan fingerprint density at radius 3 is 2.23 bits per heavy atom. The van der Waals surface area contributed by atoms with Crippen LogP contribution in [0.2, 0.25) is 0 Å². The van der Waals surface area contributed by atoms with Gasteiger partial charge in [0.15, 0.2) is 0 Å². The van der Waals surface area contributed by atoms with E-state index in [0.29, 0.717) is 11.3 Å². The van der Waals surface area contributed by atoms with Crippen molar-refractivity contribution in [3.8, 4) is 0 Å². The fourth-order valence-corrected chi connectivity index (χ4v) is 3.63. The molecule has 0 spiro atoms. The maximum atomic E-state index is 13.5. The molecule has 0 atom stereocenters. The van der Waals surface area contributed by atoms with E-state index in [0.717, 1.165) is 27.9 Å². The quantitative estimate of drug-likeness (QED) is 0.608. The number of aromatic nitrogens is 1. The van der Waals surface area contributed by atoms with Crippen LogP contribution in [-0.2, 0) is 16.1 Å². The summed E-state index contributed by atoms with van der Waals surface area (Å²) >= 11 is 0. The lowest BCUT2D eigenvalue weighted by molar-refractivity contribution is -0.137. The van der Waals surface area contributed by atoms with Gasteiger partial charge >= 0.3 is 0 Å². The first kappa shape index (κ1) is 19.6. The number of likely N-dealkylation sites (N-methyl/N-ethyl adjacent to an activating group) is 1. The number of nitrogens with zero attached hydrogens (tertiary/aromatic N) is 3. The van der Waals surface area contributed by atoms with E-state index < -0.39 is 0 Å². The number of aryl methyl sites for hydroxylation is 2. The fourth-order valence-electron chi connectivity index (χ4n) is 3.63. The molecule has 0 saturated carbocycles. The zero-order chi connectivity index (χ0) is 21.3. The summed E-state index contributed by atoms with van der Waals surface area (Å²) in [4.78, 5) is 34.1. The minimum Gasteiger partial charge on any atom is -0.339 e. The normalized spacial score (nSPS) is 13.9. The molecule has 0 N–H and O–H groups in total. The molecular formula is C25H23N3O2. The second-order valence-electron chi connectivity index (χ2n) is 7.47. The highest BCUT2D eigenvalue weighted by molar-refractivity contribution is 6.36. The summed E-state index contributed by atoms with van der Waals surface area (Å²) in [5.74, 6) is -0.575. The van der Waals surface area contributed by atoms with Gasteiger partial charge in [-0.15, -0.1) is 0 Å². The molecule has 0 unspecified atom stereocenters. The van der Waals surface area contributed by atoms with Gasteiger partial charge in [-0.3, -0.25) is 19.5 Å². The van der Waals surface area contributed by atoms with Crippen molar-refractivity contribution in [3.05, 3.63) is 101 Å². The Labute approximate surface area is 176 Å². The van der Waals surface area contributed by atoms with Crippen molar-refractivity contribution in [2.24, 2.45) is 0 Å². The molecule has 0 saturated heterocycles. The standard InChI is InChI=1S/C25H23N3O2/c1-17-9-10-20(15-18(17)2)22-23(27(3)21-7-5-4-6-8-21)25(30)28(24(22)29)16-19-11-13-26-14-12-19/h4-15H,16H2,1-3H3. The van der Waals surface area contributed by atoms with E-state index in [1.165, 1.54) is 4.90 Å². The molecule has 5 heteroatoms. The number of hydrogen-bond donors (Lipinski definition) is 0. The molecule has 0 radical (unpaired) electrons. The second-order valence-corrected chi connectivity index (χ2v) is 7.47. The van der Waals surface area contributed by atoms with E-state index in [1.807, 2.05) is 81.6 Å². The first-order valence-corrected chi connectivity index (χ1v) is 9.83. The van der Waals surface area contributed by atoms with E-state index in [-0.39, 0.29) is 18.4 Å². The molecule has 0 aliphatic carbocycles. The van der Waals surface area contributed by atoms with Gasteiger partial charge in [-0.2, -0.15) is 0 Å². The van der Waals surface area contributed by atoms with Crippen molar-refractivity contribution in [3.63, 3.8) is 0 Å². The summed E-state index contributed by atoms with van der Waals surface area (Å²) in [5.41, 5.74) is 5.51. The van der Waals surface area contributed by atoms with Gasteiger partial charge in [-0.25, -0.2) is 0 Å². The summed E-state index contributed by atoms with van der Waals surface area (Å²) in [6.45, 7) is 4.25. The van der Waals surface area contributed by atoms with E-state index >= 15 is 0 Å². The van der Waals surface area contributed by atoms with Crippen LogP contribution in [0.25, 0.3) is 5.57 Å².